The van der Waals surface area contributed by atoms with Crippen molar-refractivity contribution in [3.05, 3.63) is 70.3 Å². The van der Waals surface area contributed by atoms with Crippen LogP contribution in [0, 0.1) is 18.7 Å². The van der Waals surface area contributed by atoms with E-state index in [2.05, 4.69) is 5.32 Å². The van der Waals surface area contributed by atoms with Crippen molar-refractivity contribution in [1.82, 2.24) is 4.57 Å². The summed E-state index contributed by atoms with van der Waals surface area (Å²) in [4.78, 5) is 24.7. The molecule has 6 heteroatoms. The monoisotopic (exact) mass is 394 g/mol. The van der Waals surface area contributed by atoms with Gasteiger partial charge < -0.3 is 14.6 Å². The number of hydrogen-bond donors (Lipinski definition) is 1. The molecule has 0 radical (unpaired) electrons. The minimum absolute atomic E-state index is 0.0173. The van der Waals surface area contributed by atoms with Crippen LogP contribution in [0.2, 0.25) is 0 Å². The van der Waals surface area contributed by atoms with Gasteiger partial charge in [0.2, 0.25) is 0 Å². The summed E-state index contributed by atoms with van der Waals surface area (Å²) in [6.45, 7) is 2.37. The summed E-state index contributed by atoms with van der Waals surface area (Å²) in [6, 6.07) is 13.1. The molecule has 1 N–H and O–H groups in total. The minimum atomic E-state index is -0.498. The summed E-state index contributed by atoms with van der Waals surface area (Å²) in [5.41, 5.74) is 1.83. The van der Waals surface area contributed by atoms with E-state index in [-0.39, 0.29) is 17.9 Å². The Bertz CT molecular complexity index is 1120. The van der Waals surface area contributed by atoms with Gasteiger partial charge in [-0.05, 0) is 55.5 Å². The summed E-state index contributed by atoms with van der Waals surface area (Å²) in [5, 5.41) is 3.49. The Kier molecular flexibility index (Phi) is 5.34. The highest BCUT2D eigenvalue weighted by atomic mass is 19.1. The molecule has 1 aromatic heterocycles. The fraction of sp³-hybridized carbons (Fsp3) is 0.304. The number of para-hydroxylation sites is 1. The van der Waals surface area contributed by atoms with E-state index in [0.717, 1.165) is 29.3 Å². The van der Waals surface area contributed by atoms with E-state index in [1.165, 1.54) is 18.6 Å². The first kappa shape index (κ1) is 19.2. The lowest BCUT2D eigenvalue weighted by Crippen LogP contribution is -2.27. The van der Waals surface area contributed by atoms with E-state index in [4.69, 9.17) is 4.74 Å². The fourth-order valence-corrected chi connectivity index (χ4v) is 3.64. The second-order valence-electron chi connectivity index (χ2n) is 7.57. The second kappa shape index (κ2) is 8.07. The smallest absolute Gasteiger partial charge is 0.262 e. The van der Waals surface area contributed by atoms with Gasteiger partial charge in [0.05, 0.1) is 11.2 Å². The molecule has 2 aromatic carbocycles. The predicted molar refractivity (Wildman–Crippen MR) is 111 cm³/mol. The van der Waals surface area contributed by atoms with E-state index in [9.17, 15) is 14.0 Å². The van der Waals surface area contributed by atoms with Gasteiger partial charge >= 0.3 is 0 Å². The number of benzene rings is 2. The van der Waals surface area contributed by atoms with Crippen LogP contribution >= 0.6 is 0 Å². The summed E-state index contributed by atoms with van der Waals surface area (Å²) >= 11 is 0. The molecule has 1 aliphatic carbocycles. The summed E-state index contributed by atoms with van der Waals surface area (Å²) in [5.74, 6) is 0.0802. The number of hydrogen-bond acceptors (Lipinski definition) is 3. The first-order chi connectivity index (χ1) is 14.0. The number of amides is 1. The van der Waals surface area contributed by atoms with E-state index >= 15 is 0 Å². The van der Waals surface area contributed by atoms with Gasteiger partial charge in [0.25, 0.3) is 11.5 Å². The van der Waals surface area contributed by atoms with Crippen LogP contribution in [0.1, 0.15) is 24.8 Å². The molecule has 5 nitrogen and oxygen atoms in total. The minimum Gasteiger partial charge on any atom is -0.484 e. The van der Waals surface area contributed by atoms with Crippen molar-refractivity contribution >= 4 is 22.5 Å². The van der Waals surface area contributed by atoms with Crippen molar-refractivity contribution in [2.75, 3.05) is 11.9 Å². The van der Waals surface area contributed by atoms with Crippen LogP contribution in [-0.4, -0.2) is 17.1 Å². The van der Waals surface area contributed by atoms with Gasteiger partial charge in [0.1, 0.15) is 11.6 Å². The molecule has 0 spiro atoms. The third-order valence-corrected chi connectivity index (χ3v) is 5.47. The number of rotatable bonds is 6. The van der Waals surface area contributed by atoms with Gasteiger partial charge in [-0.2, -0.15) is 0 Å². The summed E-state index contributed by atoms with van der Waals surface area (Å²) in [7, 11) is 0. The number of ether oxygens (including phenoxy) is 1. The first-order valence-corrected chi connectivity index (χ1v) is 9.82. The van der Waals surface area contributed by atoms with Gasteiger partial charge in [-0.15, -0.1) is 0 Å². The Hall–Kier alpha value is -3.15. The quantitative estimate of drug-likeness (QED) is 0.679. The Labute approximate surface area is 168 Å². The molecule has 0 saturated heterocycles. The lowest BCUT2D eigenvalue weighted by Gasteiger charge is -2.27. The van der Waals surface area contributed by atoms with Gasteiger partial charge in [-0.1, -0.05) is 18.6 Å². The van der Waals surface area contributed by atoms with Crippen LogP contribution in [0.3, 0.4) is 0 Å². The zero-order valence-corrected chi connectivity index (χ0v) is 16.3. The van der Waals surface area contributed by atoms with Crippen LogP contribution in [0.4, 0.5) is 10.1 Å². The third kappa shape index (κ3) is 4.16. The Morgan fingerprint density at radius 2 is 2.00 bits per heavy atom. The van der Waals surface area contributed by atoms with Crippen molar-refractivity contribution < 1.29 is 13.9 Å². The van der Waals surface area contributed by atoms with Crippen molar-refractivity contribution in [1.29, 1.82) is 0 Å². The van der Waals surface area contributed by atoms with Gasteiger partial charge in [-0.25, -0.2) is 4.39 Å². The molecule has 4 rings (SSSR count). The molecule has 1 aliphatic rings. The molecule has 0 atom stereocenters. The molecule has 0 aliphatic heterocycles. The van der Waals surface area contributed by atoms with E-state index in [1.54, 1.807) is 34.9 Å². The normalized spacial score (nSPS) is 13.9. The average molecular weight is 394 g/mol. The largest absolute Gasteiger partial charge is 0.484 e. The molecule has 1 saturated carbocycles. The van der Waals surface area contributed by atoms with Crippen molar-refractivity contribution in [3.8, 4) is 5.75 Å². The van der Waals surface area contributed by atoms with E-state index in [1.807, 2.05) is 13.0 Å². The van der Waals surface area contributed by atoms with Gasteiger partial charge in [-0.3, -0.25) is 9.59 Å². The Morgan fingerprint density at radius 3 is 2.72 bits per heavy atom. The molecular weight excluding hydrogens is 371 g/mol. The fourth-order valence-electron chi connectivity index (χ4n) is 3.64. The molecule has 0 bridgehead atoms. The predicted octanol–water partition coefficient (Wildman–Crippen LogP) is 4.27. The zero-order chi connectivity index (χ0) is 20.4. The molecule has 29 heavy (non-hydrogen) atoms. The number of nitrogens with zero attached hydrogens (tertiary/aromatic N) is 1. The average Bonchev–Trinajstić information content (AvgIpc) is 2.66. The number of aryl methyl sites for hydroxylation is 1. The number of carbonyl (C=O) groups excluding carboxylic acids is 1. The maximum absolute atomic E-state index is 13.7. The number of nitrogens with one attached hydrogen (secondary N) is 1. The topological polar surface area (TPSA) is 60.3 Å². The van der Waals surface area contributed by atoms with Crippen LogP contribution in [-0.2, 0) is 11.3 Å². The standard InChI is InChI=1S/C23H23FN2O3/c1-15-11-23(28)26(13-16-5-4-6-16)21-12-17(9-10-18(15)21)29-14-22(27)25-20-8-3-2-7-19(20)24/h2-3,7-12,16H,4-6,13-14H2,1H3,(H,25,27). The number of pyridine rings is 1. The highest BCUT2D eigenvalue weighted by molar-refractivity contribution is 5.92. The maximum atomic E-state index is 13.7. The first-order valence-electron chi connectivity index (χ1n) is 9.82. The van der Waals surface area contributed by atoms with Gasteiger partial charge in [0.15, 0.2) is 6.61 Å². The lowest BCUT2D eigenvalue weighted by atomic mass is 9.85. The van der Waals surface area contributed by atoms with Crippen LogP contribution in [0.25, 0.3) is 10.9 Å². The third-order valence-electron chi connectivity index (χ3n) is 5.47. The van der Waals surface area contributed by atoms with Crippen molar-refractivity contribution in [2.45, 2.75) is 32.7 Å². The summed E-state index contributed by atoms with van der Waals surface area (Å²) in [6.07, 6.45) is 3.51. The van der Waals surface area contributed by atoms with Crippen LogP contribution in [0.15, 0.2) is 53.3 Å². The van der Waals surface area contributed by atoms with Crippen LogP contribution < -0.4 is 15.6 Å². The van der Waals surface area contributed by atoms with Gasteiger partial charge in [0, 0.05) is 24.1 Å². The zero-order valence-electron chi connectivity index (χ0n) is 16.3. The Balaban J connectivity index is 1.53. The summed E-state index contributed by atoms with van der Waals surface area (Å²) < 4.78 is 21.1. The van der Waals surface area contributed by atoms with Crippen molar-refractivity contribution in [3.63, 3.8) is 0 Å². The molecule has 150 valence electrons. The molecule has 0 unspecified atom stereocenters. The van der Waals surface area contributed by atoms with E-state index in [0.29, 0.717) is 18.2 Å². The number of anilines is 1. The number of aromatic nitrogens is 1. The SMILES string of the molecule is Cc1cc(=O)n(CC2CCC2)c2cc(OCC(=O)Nc3ccccc3F)ccc12. The highest BCUT2D eigenvalue weighted by Gasteiger charge is 2.20. The highest BCUT2D eigenvalue weighted by Crippen LogP contribution is 2.29. The number of carbonyl (C=O) groups is 1. The van der Waals surface area contributed by atoms with E-state index < -0.39 is 11.7 Å². The molecular formula is C23H23FN2O3. The lowest BCUT2D eigenvalue weighted by molar-refractivity contribution is -0.118. The van der Waals surface area contributed by atoms with Crippen LogP contribution in [0.5, 0.6) is 5.75 Å². The molecule has 1 heterocycles. The Morgan fingerprint density at radius 1 is 1.21 bits per heavy atom. The second-order valence-corrected chi connectivity index (χ2v) is 7.57. The maximum Gasteiger partial charge on any atom is 0.262 e. The van der Waals surface area contributed by atoms with Crippen molar-refractivity contribution in [2.24, 2.45) is 5.92 Å². The molecule has 3 aromatic rings. The molecule has 1 amide bonds. The molecule has 1 fully saturated rings. The number of fused-ring (bicyclic) bond motifs is 1. The number of halogens is 1.